The summed E-state index contributed by atoms with van der Waals surface area (Å²) in [7, 11) is 0. The lowest BCUT2D eigenvalue weighted by molar-refractivity contribution is 0.499. The van der Waals surface area contributed by atoms with Crippen molar-refractivity contribution in [2.45, 2.75) is 13.0 Å². The molecule has 6 heteroatoms. The van der Waals surface area contributed by atoms with Crippen molar-refractivity contribution in [2.75, 3.05) is 0 Å². The summed E-state index contributed by atoms with van der Waals surface area (Å²) in [6, 6.07) is 3.01. The number of hydrogen-bond acceptors (Lipinski definition) is 2. The highest BCUT2D eigenvalue weighted by molar-refractivity contribution is 6.64. The Balaban J connectivity index is 2.87. The molecule has 0 saturated heterocycles. The third-order valence-corrected chi connectivity index (χ3v) is 1.82. The quantitative estimate of drug-likeness (QED) is 0.786. The monoisotopic (exact) mass is 215 g/mol. The van der Waals surface area contributed by atoms with E-state index in [4.69, 9.17) is 5.73 Å². The highest BCUT2D eigenvalue weighted by atomic mass is 19.4. The van der Waals surface area contributed by atoms with Gasteiger partial charge in [-0.1, -0.05) is 6.08 Å². The van der Waals surface area contributed by atoms with Crippen LogP contribution in [0.25, 0.3) is 6.08 Å². The first kappa shape index (κ1) is 11.8. The molecule has 1 heterocycles. The second-order valence-electron chi connectivity index (χ2n) is 3.29. The number of aromatic nitrogens is 1. The lowest BCUT2D eigenvalue weighted by Gasteiger charge is -2.07. The van der Waals surface area contributed by atoms with E-state index in [0.29, 0.717) is 0 Å². The first-order chi connectivity index (χ1) is 6.88. The zero-order valence-electron chi connectivity index (χ0n) is 8.20. The van der Waals surface area contributed by atoms with Crippen molar-refractivity contribution < 1.29 is 12.9 Å². The Bertz CT molecular complexity index is 361. The third-order valence-electron chi connectivity index (χ3n) is 1.82. The topological polar surface area (TPSA) is 38.9 Å². The van der Waals surface area contributed by atoms with Crippen molar-refractivity contribution in [1.82, 2.24) is 4.98 Å². The lowest BCUT2D eigenvalue weighted by atomic mass is 9.91. The van der Waals surface area contributed by atoms with Gasteiger partial charge in [-0.2, -0.15) is 0 Å². The van der Waals surface area contributed by atoms with Crippen molar-refractivity contribution in [3.63, 3.8) is 0 Å². The van der Waals surface area contributed by atoms with Crippen molar-refractivity contribution in [3.8, 4) is 0 Å². The van der Waals surface area contributed by atoms with Gasteiger partial charge in [0.2, 0.25) is 0 Å². The zero-order chi connectivity index (χ0) is 11.5. The van der Waals surface area contributed by atoms with Gasteiger partial charge < -0.3 is 18.7 Å². The maximum atomic E-state index is 11.9. The fraction of sp³-hybridized carbons (Fsp3) is 0.222. The minimum atomic E-state index is -4.91. The largest absolute Gasteiger partial charge is 0.502 e. The molecule has 1 atom stereocenters. The number of pyridine rings is 1. The van der Waals surface area contributed by atoms with Gasteiger partial charge in [0, 0.05) is 12.2 Å². The molecule has 1 aromatic rings. The zero-order valence-corrected chi connectivity index (χ0v) is 8.20. The molecule has 0 aliphatic rings. The number of rotatable bonds is 3. The Hall–Kier alpha value is -1.30. The van der Waals surface area contributed by atoms with E-state index in [2.05, 4.69) is 4.98 Å². The van der Waals surface area contributed by atoms with E-state index in [0.717, 1.165) is 11.6 Å². The van der Waals surface area contributed by atoms with Crippen molar-refractivity contribution in [2.24, 2.45) is 5.73 Å². The van der Waals surface area contributed by atoms with Crippen LogP contribution in [0.4, 0.5) is 12.9 Å². The van der Waals surface area contributed by atoms with E-state index >= 15 is 0 Å². The van der Waals surface area contributed by atoms with Crippen LogP contribution in [-0.2, 0) is 0 Å². The van der Waals surface area contributed by atoms with E-state index in [9.17, 15) is 12.9 Å². The van der Waals surface area contributed by atoms with Gasteiger partial charge in [0.25, 0.3) is 0 Å². The number of hydrogen-bond donors (Lipinski definition) is 1. The molecule has 0 aliphatic carbocycles. The Morgan fingerprint density at radius 1 is 1.47 bits per heavy atom. The molecule has 2 nitrogen and oxygen atoms in total. The third kappa shape index (κ3) is 4.16. The van der Waals surface area contributed by atoms with Gasteiger partial charge in [0.15, 0.2) is 0 Å². The van der Waals surface area contributed by atoms with Crippen LogP contribution in [0.15, 0.2) is 24.3 Å². The summed E-state index contributed by atoms with van der Waals surface area (Å²) >= 11 is 0. The molecule has 0 saturated carbocycles. The van der Waals surface area contributed by atoms with Crippen LogP contribution in [-0.4, -0.2) is 12.0 Å². The molecular weight excluding hydrogens is 204 g/mol. The van der Waals surface area contributed by atoms with Gasteiger partial charge >= 0.3 is 6.98 Å². The molecule has 0 aliphatic heterocycles. The summed E-state index contributed by atoms with van der Waals surface area (Å²) in [5.41, 5.74) is 6.63. The van der Waals surface area contributed by atoms with Gasteiger partial charge in [-0.05, 0) is 24.6 Å². The summed E-state index contributed by atoms with van der Waals surface area (Å²) in [5, 5.41) is 0. The normalized spacial score (nSPS) is 14.5. The van der Waals surface area contributed by atoms with Gasteiger partial charge in [0.05, 0.1) is 5.69 Å². The van der Waals surface area contributed by atoms with Crippen LogP contribution < -0.4 is 5.73 Å². The molecule has 2 N–H and O–H groups in total. The number of nitrogens with zero attached hydrogens (tertiary/aromatic N) is 1. The SMILES string of the molecule is CC(N)c1ccnc(/C=C/[B-](F)(F)F)c1. The molecule has 82 valence electrons. The van der Waals surface area contributed by atoms with Crippen LogP contribution in [0.1, 0.15) is 24.2 Å². The van der Waals surface area contributed by atoms with Gasteiger partial charge in [-0.15, -0.1) is 5.98 Å². The maximum absolute atomic E-state index is 11.9. The summed E-state index contributed by atoms with van der Waals surface area (Å²) in [6.07, 6.45) is 2.40. The average Bonchev–Trinajstić information content (AvgIpc) is 2.14. The molecule has 15 heavy (non-hydrogen) atoms. The lowest BCUT2D eigenvalue weighted by Crippen LogP contribution is -2.09. The van der Waals surface area contributed by atoms with E-state index in [-0.39, 0.29) is 17.7 Å². The van der Waals surface area contributed by atoms with Crippen molar-refractivity contribution in [3.05, 3.63) is 35.6 Å². The Morgan fingerprint density at radius 3 is 2.67 bits per heavy atom. The Labute approximate surface area is 86.1 Å². The van der Waals surface area contributed by atoms with E-state index < -0.39 is 6.98 Å². The van der Waals surface area contributed by atoms with Crippen LogP contribution in [0.3, 0.4) is 0 Å². The summed E-state index contributed by atoms with van der Waals surface area (Å²) in [6.45, 7) is -3.15. The predicted octanol–water partition coefficient (Wildman–Crippen LogP) is 2.50. The molecule has 0 amide bonds. The molecule has 0 fully saturated rings. The van der Waals surface area contributed by atoms with Crippen molar-refractivity contribution >= 4 is 13.1 Å². The standard InChI is InChI=1S/C9H11BF3N2/c1-7(14)8-3-5-15-9(6-8)2-4-10(11,12)13/h2-7H,14H2,1H3/q-1/b4-2+. The first-order valence-corrected chi connectivity index (χ1v) is 4.49. The van der Waals surface area contributed by atoms with Gasteiger partial charge in [-0.3, -0.25) is 4.98 Å². The molecule has 0 bridgehead atoms. The predicted molar refractivity (Wildman–Crippen MR) is 55.0 cm³/mol. The Kier molecular flexibility index (Phi) is 3.52. The highest BCUT2D eigenvalue weighted by Crippen LogP contribution is 2.14. The molecule has 1 unspecified atom stereocenters. The minimum absolute atomic E-state index is 0.212. The van der Waals surface area contributed by atoms with Gasteiger partial charge in [-0.25, -0.2) is 0 Å². The number of halogens is 3. The molecule has 1 aromatic heterocycles. The second-order valence-corrected chi connectivity index (χ2v) is 3.29. The summed E-state index contributed by atoms with van der Waals surface area (Å²) in [4.78, 5) is 3.79. The Morgan fingerprint density at radius 2 is 2.13 bits per heavy atom. The van der Waals surface area contributed by atoms with E-state index in [1.54, 1.807) is 19.1 Å². The van der Waals surface area contributed by atoms with Gasteiger partial charge in [0.1, 0.15) is 0 Å². The molecule has 0 aromatic carbocycles. The minimum Gasteiger partial charge on any atom is -0.445 e. The average molecular weight is 215 g/mol. The molecule has 0 spiro atoms. The van der Waals surface area contributed by atoms with Crippen LogP contribution in [0, 0.1) is 0 Å². The first-order valence-electron chi connectivity index (χ1n) is 4.49. The fourth-order valence-corrected chi connectivity index (χ4v) is 1.05. The van der Waals surface area contributed by atoms with Crippen LogP contribution >= 0.6 is 0 Å². The maximum Gasteiger partial charge on any atom is 0.502 e. The summed E-state index contributed by atoms with van der Waals surface area (Å²) < 4.78 is 35.8. The summed E-state index contributed by atoms with van der Waals surface area (Å²) in [5.74, 6) is 0.216. The molecule has 1 rings (SSSR count). The number of nitrogens with two attached hydrogens (primary N) is 1. The molecular formula is C9H11BF3N2-. The van der Waals surface area contributed by atoms with Crippen molar-refractivity contribution in [1.29, 1.82) is 0 Å². The highest BCUT2D eigenvalue weighted by Gasteiger charge is 2.17. The molecule has 0 radical (unpaired) electrons. The fourth-order valence-electron chi connectivity index (χ4n) is 1.05. The van der Waals surface area contributed by atoms with E-state index in [1.807, 2.05) is 0 Å². The smallest absolute Gasteiger partial charge is 0.445 e. The van der Waals surface area contributed by atoms with Crippen LogP contribution in [0.2, 0.25) is 0 Å². The van der Waals surface area contributed by atoms with Crippen LogP contribution in [0.5, 0.6) is 0 Å². The second kappa shape index (κ2) is 4.48. The van der Waals surface area contributed by atoms with E-state index in [1.165, 1.54) is 6.20 Å².